The molecule has 12 heteroatoms. The van der Waals surface area contributed by atoms with Crippen LogP contribution in [0.15, 0.2) is 0 Å². The second-order valence-corrected chi connectivity index (χ2v) is 7.21. The van der Waals surface area contributed by atoms with Crippen LogP contribution in [0, 0.1) is 0 Å². The van der Waals surface area contributed by atoms with Crippen molar-refractivity contribution in [2.45, 2.75) is 99.2 Å². The largest absolute Gasteiger partial charge is 0.427 e. The minimum Gasteiger partial charge on any atom is -0.427 e. The fourth-order valence-electron chi connectivity index (χ4n) is 3.32. The van der Waals surface area contributed by atoms with Crippen molar-refractivity contribution >= 4 is 11.9 Å². The van der Waals surface area contributed by atoms with Crippen molar-refractivity contribution in [1.82, 2.24) is 0 Å². The molecule has 0 saturated carbocycles. The zero-order chi connectivity index (χ0) is 28.2. The van der Waals surface area contributed by atoms with Crippen molar-refractivity contribution in [3.63, 3.8) is 0 Å². The summed E-state index contributed by atoms with van der Waals surface area (Å²) in [6, 6.07) is 0. The molecule has 0 heterocycles. The molecular weight excluding hydrogens is 492 g/mol. The van der Waals surface area contributed by atoms with Gasteiger partial charge in [0.05, 0.1) is 0 Å². The molecule has 0 spiro atoms. The summed E-state index contributed by atoms with van der Waals surface area (Å²) in [5.41, 5.74) is 0. The average Bonchev–Trinajstić information content (AvgIpc) is 2.84. The molecule has 0 aromatic heterocycles. The summed E-state index contributed by atoms with van der Waals surface area (Å²) >= 11 is 0. The van der Waals surface area contributed by atoms with Gasteiger partial charge in [0.15, 0.2) is 0 Å². The standard InChI is InChI=1S/C25H48O12/c1-9-28-22(24(30-11-3,31-12-4)32-13-5)36-20(26)18-17-19-21(27)37-23(29-10-2)25(33-14-6,34-15-7)35-16-8/h22-23H,9-19H2,1-8H3. The molecule has 2 atom stereocenters. The van der Waals surface area contributed by atoms with E-state index in [1.54, 1.807) is 55.4 Å². The van der Waals surface area contributed by atoms with E-state index in [-0.39, 0.29) is 72.1 Å². The van der Waals surface area contributed by atoms with Gasteiger partial charge in [-0.2, -0.15) is 0 Å². The number of carbonyl (C=O) groups excluding carboxylic acids is 2. The lowest BCUT2D eigenvalue weighted by Gasteiger charge is -2.37. The first-order valence-electron chi connectivity index (χ1n) is 13.2. The van der Waals surface area contributed by atoms with Gasteiger partial charge < -0.3 is 47.4 Å². The number of hydrogen-bond acceptors (Lipinski definition) is 12. The monoisotopic (exact) mass is 540 g/mol. The molecule has 2 unspecified atom stereocenters. The Morgan fingerprint density at radius 3 is 0.973 bits per heavy atom. The van der Waals surface area contributed by atoms with Crippen molar-refractivity contribution in [3.8, 4) is 0 Å². The lowest BCUT2D eigenvalue weighted by atomic mass is 10.2. The van der Waals surface area contributed by atoms with E-state index in [4.69, 9.17) is 47.4 Å². The van der Waals surface area contributed by atoms with E-state index in [1.165, 1.54) is 0 Å². The summed E-state index contributed by atoms with van der Waals surface area (Å²) in [5.74, 6) is -4.64. The Labute approximate surface area is 221 Å². The topological polar surface area (TPSA) is 126 Å². The molecule has 0 aliphatic rings. The Morgan fingerprint density at radius 2 is 0.757 bits per heavy atom. The molecular formula is C25H48O12. The molecule has 0 aromatic carbocycles. The minimum atomic E-state index is -1.70. The van der Waals surface area contributed by atoms with Crippen molar-refractivity contribution in [2.24, 2.45) is 0 Å². The third-order valence-corrected chi connectivity index (χ3v) is 4.53. The second-order valence-electron chi connectivity index (χ2n) is 7.21. The highest BCUT2D eigenvalue weighted by Crippen LogP contribution is 2.27. The first kappa shape index (κ1) is 35.6. The van der Waals surface area contributed by atoms with Crippen molar-refractivity contribution < 1.29 is 57.0 Å². The molecule has 12 nitrogen and oxygen atoms in total. The number of hydrogen-bond donors (Lipinski definition) is 0. The quantitative estimate of drug-likeness (QED) is 0.131. The third-order valence-electron chi connectivity index (χ3n) is 4.53. The summed E-state index contributed by atoms with van der Waals surface area (Å²) in [5, 5.41) is 0. The predicted molar refractivity (Wildman–Crippen MR) is 132 cm³/mol. The second kappa shape index (κ2) is 20.6. The van der Waals surface area contributed by atoms with Crippen molar-refractivity contribution in [2.75, 3.05) is 52.9 Å². The van der Waals surface area contributed by atoms with Crippen LogP contribution in [0.5, 0.6) is 0 Å². The molecule has 0 radical (unpaired) electrons. The van der Waals surface area contributed by atoms with Crippen LogP contribution in [0.4, 0.5) is 0 Å². The van der Waals surface area contributed by atoms with Gasteiger partial charge >= 0.3 is 23.9 Å². The Hall–Kier alpha value is -1.38. The lowest BCUT2D eigenvalue weighted by Crippen LogP contribution is -2.53. The zero-order valence-corrected chi connectivity index (χ0v) is 23.8. The first-order chi connectivity index (χ1) is 17.8. The van der Waals surface area contributed by atoms with E-state index < -0.39 is 36.5 Å². The molecule has 220 valence electrons. The van der Waals surface area contributed by atoms with Gasteiger partial charge in [0.2, 0.25) is 0 Å². The normalized spacial score (nSPS) is 13.8. The molecule has 0 saturated heterocycles. The number of esters is 2. The van der Waals surface area contributed by atoms with E-state index >= 15 is 0 Å². The van der Waals surface area contributed by atoms with Crippen LogP contribution in [0.25, 0.3) is 0 Å². The summed E-state index contributed by atoms with van der Waals surface area (Å²) in [4.78, 5) is 25.2. The van der Waals surface area contributed by atoms with E-state index in [9.17, 15) is 9.59 Å². The molecule has 0 aromatic rings. The summed E-state index contributed by atoms with van der Waals surface area (Å²) in [6.45, 7) is 15.9. The van der Waals surface area contributed by atoms with Gasteiger partial charge in [-0.1, -0.05) is 0 Å². The Morgan fingerprint density at radius 1 is 0.486 bits per heavy atom. The van der Waals surface area contributed by atoms with E-state index in [1.807, 2.05) is 0 Å². The minimum absolute atomic E-state index is 0.0913. The summed E-state index contributed by atoms with van der Waals surface area (Å²) < 4.78 is 56.1. The van der Waals surface area contributed by atoms with Crippen LogP contribution >= 0.6 is 0 Å². The van der Waals surface area contributed by atoms with E-state index in [0.29, 0.717) is 0 Å². The number of carbonyl (C=O) groups is 2. The number of rotatable bonds is 24. The molecule has 0 aliphatic carbocycles. The maximum absolute atomic E-state index is 12.6. The Bertz CT molecular complexity index is 516. The maximum Gasteiger partial charge on any atom is 0.349 e. The maximum atomic E-state index is 12.6. The smallest absolute Gasteiger partial charge is 0.349 e. The first-order valence-corrected chi connectivity index (χ1v) is 13.2. The molecule has 0 rings (SSSR count). The molecule has 0 bridgehead atoms. The highest BCUT2D eigenvalue weighted by molar-refractivity contribution is 5.72. The molecule has 0 aliphatic heterocycles. The van der Waals surface area contributed by atoms with Gasteiger partial charge in [0.25, 0.3) is 12.6 Å². The van der Waals surface area contributed by atoms with Gasteiger partial charge in [0, 0.05) is 65.7 Å². The fourth-order valence-corrected chi connectivity index (χ4v) is 3.32. The van der Waals surface area contributed by atoms with Gasteiger partial charge in [-0.25, -0.2) is 0 Å². The van der Waals surface area contributed by atoms with Crippen LogP contribution < -0.4 is 0 Å². The molecule has 0 amide bonds. The van der Waals surface area contributed by atoms with Gasteiger partial charge in [0.1, 0.15) is 0 Å². The van der Waals surface area contributed by atoms with Crippen LogP contribution in [0.2, 0.25) is 0 Å². The van der Waals surface area contributed by atoms with Gasteiger partial charge in [-0.3, -0.25) is 9.59 Å². The van der Waals surface area contributed by atoms with Crippen molar-refractivity contribution in [1.29, 1.82) is 0 Å². The fraction of sp³-hybridized carbons (Fsp3) is 0.920. The SMILES string of the molecule is CCOC(OC(=O)CCCC(=O)OC(OCC)C(OCC)(OCC)OCC)C(OCC)(OCC)OCC. The van der Waals surface area contributed by atoms with Crippen molar-refractivity contribution in [3.05, 3.63) is 0 Å². The van der Waals surface area contributed by atoms with Crippen LogP contribution in [-0.2, 0) is 57.0 Å². The zero-order valence-electron chi connectivity index (χ0n) is 23.8. The average molecular weight is 541 g/mol. The summed E-state index contributed by atoms with van der Waals surface area (Å²) in [6.07, 6.45) is -2.56. The van der Waals surface area contributed by atoms with Crippen LogP contribution in [0.3, 0.4) is 0 Å². The Balaban J connectivity index is 5.23. The van der Waals surface area contributed by atoms with E-state index in [0.717, 1.165) is 0 Å². The van der Waals surface area contributed by atoms with Crippen LogP contribution in [0.1, 0.15) is 74.7 Å². The number of ether oxygens (including phenoxy) is 10. The van der Waals surface area contributed by atoms with Gasteiger partial charge in [-0.05, 0) is 61.8 Å². The molecule has 0 fully saturated rings. The van der Waals surface area contributed by atoms with Crippen LogP contribution in [-0.4, -0.2) is 89.3 Å². The highest BCUT2D eigenvalue weighted by Gasteiger charge is 2.47. The van der Waals surface area contributed by atoms with Gasteiger partial charge in [-0.15, -0.1) is 0 Å². The lowest BCUT2D eigenvalue weighted by molar-refractivity contribution is -0.447. The molecule has 37 heavy (non-hydrogen) atoms. The van der Waals surface area contributed by atoms with E-state index in [2.05, 4.69) is 0 Å². The molecule has 0 N–H and O–H groups in total. The Kier molecular flexibility index (Phi) is 19.8. The third kappa shape index (κ3) is 12.3. The predicted octanol–water partition coefficient (Wildman–Crippen LogP) is 3.49. The highest BCUT2D eigenvalue weighted by atomic mass is 16.9. The summed E-state index contributed by atoms with van der Waals surface area (Å²) in [7, 11) is 0.